The van der Waals surface area contributed by atoms with Crippen LogP contribution in [0.15, 0.2) is 77.9 Å². The number of ether oxygens (including phenoxy) is 3. The summed E-state index contributed by atoms with van der Waals surface area (Å²) in [5, 5.41) is 9.84. The molecule has 1 N–H and O–H groups in total. The van der Waals surface area contributed by atoms with Gasteiger partial charge >= 0.3 is 0 Å². The van der Waals surface area contributed by atoms with Crippen molar-refractivity contribution >= 4 is 34.8 Å². The van der Waals surface area contributed by atoms with Crippen LogP contribution in [0.3, 0.4) is 0 Å². The second-order valence-electron chi connectivity index (χ2n) is 6.09. The van der Waals surface area contributed by atoms with Crippen LogP contribution in [0.1, 0.15) is 5.56 Å². The zero-order valence-corrected chi connectivity index (χ0v) is 18.2. The smallest absolute Gasteiger partial charge is 0.164 e. The molecule has 0 aliphatic heterocycles. The maximum Gasteiger partial charge on any atom is 0.164 e. The van der Waals surface area contributed by atoms with E-state index in [0.717, 1.165) is 16.2 Å². The van der Waals surface area contributed by atoms with Crippen molar-refractivity contribution in [1.82, 2.24) is 5.20 Å². The number of hydrogen-bond donors (Lipinski definition) is 1. The van der Waals surface area contributed by atoms with E-state index in [9.17, 15) is 0 Å². The second kappa shape index (κ2) is 9.59. The van der Waals surface area contributed by atoms with E-state index in [4.69, 9.17) is 26.0 Å². The SMILES string of the molecule is COc1cc(OC)c(OC)cc1/C=N/NP(=S)(c1ccccc1)c1ccccc1. The topological polar surface area (TPSA) is 52.1 Å². The lowest BCUT2D eigenvalue weighted by atomic mass is 10.2. The number of hydrogen-bond acceptors (Lipinski definition) is 5. The summed E-state index contributed by atoms with van der Waals surface area (Å²) in [7, 11) is 4.78. The van der Waals surface area contributed by atoms with Crippen molar-refractivity contribution < 1.29 is 14.2 Å². The minimum atomic E-state index is -2.33. The van der Waals surface area contributed by atoms with Gasteiger partial charge in [-0.25, -0.2) is 0 Å². The molecule has 0 spiro atoms. The summed E-state index contributed by atoms with van der Waals surface area (Å²) in [5.41, 5.74) is 0.750. The van der Waals surface area contributed by atoms with Gasteiger partial charge in [0.25, 0.3) is 0 Å². The average Bonchev–Trinajstić information content (AvgIpc) is 2.79. The van der Waals surface area contributed by atoms with Gasteiger partial charge in [-0.05, 0) is 6.07 Å². The number of rotatable bonds is 8. The van der Waals surface area contributed by atoms with Crippen LogP contribution in [0.2, 0.25) is 0 Å². The molecule has 7 heteroatoms. The number of benzene rings is 3. The Labute approximate surface area is 176 Å². The molecule has 0 aromatic heterocycles. The summed E-state index contributed by atoms with van der Waals surface area (Å²) in [6.45, 7) is 0. The van der Waals surface area contributed by atoms with Crippen molar-refractivity contribution in [3.05, 3.63) is 78.4 Å². The van der Waals surface area contributed by atoms with E-state index in [1.54, 1.807) is 33.6 Å². The predicted molar refractivity (Wildman–Crippen MR) is 123 cm³/mol. The fourth-order valence-electron chi connectivity index (χ4n) is 2.87. The molecule has 0 bridgehead atoms. The molecule has 0 fully saturated rings. The third kappa shape index (κ3) is 4.61. The van der Waals surface area contributed by atoms with Gasteiger partial charge in [-0.3, -0.25) is 5.20 Å². The third-order valence-corrected chi connectivity index (χ3v) is 8.34. The first-order valence-electron chi connectivity index (χ1n) is 8.94. The average molecular weight is 426 g/mol. The van der Waals surface area contributed by atoms with Crippen LogP contribution in [-0.4, -0.2) is 27.5 Å². The number of methoxy groups -OCH3 is 3. The molecule has 0 aliphatic rings. The monoisotopic (exact) mass is 426 g/mol. The number of hydrazone groups is 1. The van der Waals surface area contributed by atoms with Gasteiger partial charge in [-0.1, -0.05) is 72.5 Å². The Bertz CT molecular complexity index is 983. The summed E-state index contributed by atoms with van der Waals surface area (Å²) in [5.74, 6) is 1.81. The zero-order chi connectivity index (χ0) is 20.7. The van der Waals surface area contributed by atoms with Gasteiger partial charge in [-0.2, -0.15) is 5.10 Å². The molecule has 3 aromatic carbocycles. The maximum absolute atomic E-state index is 6.11. The second-order valence-corrected chi connectivity index (χ2v) is 10.2. The quantitative estimate of drug-likeness (QED) is 0.338. The Morgan fingerprint density at radius 3 is 1.72 bits per heavy atom. The van der Waals surface area contributed by atoms with Crippen molar-refractivity contribution in [2.45, 2.75) is 0 Å². The molecule has 150 valence electrons. The van der Waals surface area contributed by atoms with Crippen molar-refractivity contribution in [2.24, 2.45) is 5.10 Å². The van der Waals surface area contributed by atoms with Crippen LogP contribution in [0.5, 0.6) is 17.2 Å². The summed E-state index contributed by atoms with van der Waals surface area (Å²) >= 11 is 6.11. The molecule has 5 nitrogen and oxygen atoms in total. The minimum absolute atomic E-state index is 0.591. The van der Waals surface area contributed by atoms with Crippen molar-refractivity contribution in [3.8, 4) is 17.2 Å². The molecular formula is C22H23N2O3PS. The molecule has 0 radical (unpaired) electrons. The first-order valence-corrected chi connectivity index (χ1v) is 11.7. The Kier molecular flexibility index (Phi) is 6.91. The number of nitrogens with zero attached hydrogens (tertiary/aromatic N) is 1. The number of nitrogens with one attached hydrogen (secondary N) is 1. The van der Waals surface area contributed by atoms with E-state index >= 15 is 0 Å². The lowest BCUT2D eigenvalue weighted by Gasteiger charge is -2.22. The highest BCUT2D eigenvalue weighted by atomic mass is 32.4. The van der Waals surface area contributed by atoms with Gasteiger partial charge in [0.15, 0.2) is 11.5 Å². The van der Waals surface area contributed by atoms with E-state index in [1.165, 1.54) is 0 Å². The van der Waals surface area contributed by atoms with Gasteiger partial charge in [0, 0.05) is 22.2 Å². The molecule has 0 unspecified atom stereocenters. The summed E-state index contributed by atoms with van der Waals surface area (Å²) in [4.78, 5) is 0. The van der Waals surface area contributed by atoms with Crippen LogP contribution in [-0.2, 0) is 11.8 Å². The van der Waals surface area contributed by atoms with Crippen LogP contribution in [0, 0.1) is 0 Å². The van der Waals surface area contributed by atoms with Gasteiger partial charge in [-0.15, -0.1) is 0 Å². The van der Waals surface area contributed by atoms with Crippen LogP contribution >= 0.6 is 6.19 Å². The molecule has 0 heterocycles. The molecule has 0 saturated heterocycles. The molecule has 3 rings (SSSR count). The fraction of sp³-hybridized carbons (Fsp3) is 0.136. The fourth-order valence-corrected chi connectivity index (χ4v) is 5.68. The third-order valence-electron chi connectivity index (χ3n) is 4.38. The van der Waals surface area contributed by atoms with Gasteiger partial charge in [0.05, 0.1) is 27.5 Å². The van der Waals surface area contributed by atoms with E-state index in [2.05, 4.69) is 10.3 Å². The van der Waals surface area contributed by atoms with Crippen molar-refractivity contribution in [3.63, 3.8) is 0 Å². The first-order chi connectivity index (χ1) is 14.1. The van der Waals surface area contributed by atoms with Crippen molar-refractivity contribution in [2.75, 3.05) is 21.3 Å². The molecule has 0 atom stereocenters. The summed E-state index contributed by atoms with van der Waals surface area (Å²) in [6, 6.07) is 23.6. The van der Waals surface area contributed by atoms with Gasteiger partial charge in [0.1, 0.15) is 11.9 Å². The Balaban J connectivity index is 1.97. The minimum Gasteiger partial charge on any atom is -0.496 e. The highest BCUT2D eigenvalue weighted by Gasteiger charge is 2.21. The molecule has 0 saturated carbocycles. The van der Waals surface area contributed by atoms with Crippen LogP contribution in [0.25, 0.3) is 0 Å². The highest BCUT2D eigenvalue weighted by Crippen LogP contribution is 2.39. The van der Waals surface area contributed by atoms with Crippen LogP contribution < -0.4 is 30.0 Å². The standard InChI is InChI=1S/C22H23N2O3PS/c1-25-20-15-22(27-3)21(26-2)14-17(20)16-23-24-28(29,18-10-6-4-7-11-18)19-12-8-5-9-13-19/h4-16H,1-3H3,(H,24,29)/b23-16+. The van der Waals surface area contributed by atoms with Gasteiger partial charge in [0.2, 0.25) is 0 Å². The molecular weight excluding hydrogens is 403 g/mol. The summed E-state index contributed by atoms with van der Waals surface area (Å²) < 4.78 is 16.2. The molecule has 0 aliphatic carbocycles. The zero-order valence-electron chi connectivity index (χ0n) is 16.5. The Morgan fingerprint density at radius 2 is 1.24 bits per heavy atom. The van der Waals surface area contributed by atoms with E-state index in [0.29, 0.717) is 17.2 Å². The van der Waals surface area contributed by atoms with E-state index < -0.39 is 6.19 Å². The first kappa shape index (κ1) is 20.9. The summed E-state index contributed by atoms with van der Waals surface area (Å²) in [6.07, 6.45) is -0.642. The van der Waals surface area contributed by atoms with Gasteiger partial charge < -0.3 is 14.2 Å². The molecule has 29 heavy (non-hydrogen) atoms. The highest BCUT2D eigenvalue weighted by molar-refractivity contribution is 8.20. The van der Waals surface area contributed by atoms with E-state index in [1.807, 2.05) is 66.7 Å². The normalized spacial score (nSPS) is 11.3. The molecule has 3 aromatic rings. The van der Waals surface area contributed by atoms with E-state index in [-0.39, 0.29) is 0 Å². The predicted octanol–water partition coefficient (Wildman–Crippen LogP) is 3.68. The largest absolute Gasteiger partial charge is 0.496 e. The Hall–Kier alpha value is -2.82. The Morgan fingerprint density at radius 1 is 0.759 bits per heavy atom. The van der Waals surface area contributed by atoms with Crippen LogP contribution in [0.4, 0.5) is 0 Å². The lowest BCUT2D eigenvalue weighted by molar-refractivity contribution is 0.349. The lowest BCUT2D eigenvalue weighted by Crippen LogP contribution is -2.24. The van der Waals surface area contributed by atoms with Crippen molar-refractivity contribution in [1.29, 1.82) is 0 Å². The maximum atomic E-state index is 6.11. The molecule has 0 amide bonds.